The van der Waals surface area contributed by atoms with Crippen LogP contribution in [-0.2, 0) is 9.59 Å². The van der Waals surface area contributed by atoms with E-state index in [4.69, 9.17) is 5.11 Å². The van der Waals surface area contributed by atoms with E-state index in [0.29, 0.717) is 6.54 Å². The van der Waals surface area contributed by atoms with Crippen LogP contribution in [0, 0.1) is 23.2 Å². The highest BCUT2D eigenvalue weighted by Gasteiger charge is 2.55. The molecule has 0 aromatic rings. The van der Waals surface area contributed by atoms with Crippen molar-refractivity contribution in [1.82, 2.24) is 4.90 Å². The molecular weight excluding hydrogens is 266 g/mol. The first-order chi connectivity index (χ1) is 9.93. The van der Waals surface area contributed by atoms with Gasteiger partial charge in [-0.25, -0.2) is 0 Å². The van der Waals surface area contributed by atoms with Crippen LogP contribution in [0.4, 0.5) is 0 Å². The minimum absolute atomic E-state index is 0.0476. The van der Waals surface area contributed by atoms with E-state index in [1.165, 1.54) is 19.3 Å². The zero-order valence-electron chi connectivity index (χ0n) is 13.2. The van der Waals surface area contributed by atoms with Gasteiger partial charge in [0.2, 0.25) is 5.91 Å². The third-order valence-electron chi connectivity index (χ3n) is 6.10. The van der Waals surface area contributed by atoms with Crippen LogP contribution in [0.1, 0.15) is 58.8 Å². The molecule has 4 aliphatic rings. The molecule has 0 saturated heterocycles. The molecule has 1 atom stereocenters. The summed E-state index contributed by atoms with van der Waals surface area (Å²) in [6, 6.07) is -0.201. The lowest BCUT2D eigenvalue weighted by molar-refractivity contribution is -0.160. The second-order valence-electron chi connectivity index (χ2n) is 7.74. The van der Waals surface area contributed by atoms with Crippen molar-refractivity contribution in [2.45, 2.75) is 64.8 Å². The van der Waals surface area contributed by atoms with Gasteiger partial charge in [0.1, 0.15) is 0 Å². The van der Waals surface area contributed by atoms with Gasteiger partial charge in [0.05, 0.1) is 11.8 Å². The Morgan fingerprint density at radius 1 is 1.14 bits per heavy atom. The summed E-state index contributed by atoms with van der Waals surface area (Å²) in [4.78, 5) is 26.0. The Balaban J connectivity index is 1.78. The average Bonchev–Trinajstić information content (AvgIpc) is 2.36. The molecule has 4 heteroatoms. The van der Waals surface area contributed by atoms with Crippen molar-refractivity contribution in [2.75, 3.05) is 6.54 Å². The Morgan fingerprint density at radius 3 is 2.00 bits per heavy atom. The SMILES string of the molecule is CCN(C(=O)C12CC3CC(CC(C3)C1)C2)C(C)CC(=O)O. The van der Waals surface area contributed by atoms with Gasteiger partial charge in [-0.3, -0.25) is 9.59 Å². The lowest BCUT2D eigenvalue weighted by Crippen LogP contribution is -2.56. The number of aliphatic carboxylic acids is 1. The van der Waals surface area contributed by atoms with Crippen LogP contribution in [0.2, 0.25) is 0 Å². The number of hydrogen-bond acceptors (Lipinski definition) is 2. The van der Waals surface area contributed by atoms with Crippen LogP contribution in [0.5, 0.6) is 0 Å². The molecule has 0 aromatic heterocycles. The summed E-state index contributed by atoms with van der Waals surface area (Å²) >= 11 is 0. The summed E-state index contributed by atoms with van der Waals surface area (Å²) in [5.74, 6) is 1.66. The minimum Gasteiger partial charge on any atom is -0.481 e. The van der Waals surface area contributed by atoms with E-state index in [0.717, 1.165) is 37.0 Å². The molecule has 4 nitrogen and oxygen atoms in total. The van der Waals surface area contributed by atoms with Crippen molar-refractivity contribution in [3.05, 3.63) is 0 Å². The number of carbonyl (C=O) groups excluding carboxylic acids is 1. The Bertz CT molecular complexity index is 410. The number of amides is 1. The summed E-state index contributed by atoms with van der Waals surface area (Å²) < 4.78 is 0. The molecule has 4 fully saturated rings. The van der Waals surface area contributed by atoms with Crippen molar-refractivity contribution >= 4 is 11.9 Å². The van der Waals surface area contributed by atoms with E-state index in [2.05, 4.69) is 0 Å². The number of carboxylic acids is 1. The molecule has 4 aliphatic carbocycles. The zero-order valence-corrected chi connectivity index (χ0v) is 13.2. The number of carboxylic acid groups (broad SMARTS) is 1. The zero-order chi connectivity index (χ0) is 15.2. The van der Waals surface area contributed by atoms with E-state index >= 15 is 0 Å². The molecule has 0 spiro atoms. The number of carbonyl (C=O) groups is 2. The molecule has 0 radical (unpaired) electrons. The summed E-state index contributed by atoms with van der Waals surface area (Å²) in [5, 5.41) is 9.01. The third kappa shape index (κ3) is 2.58. The van der Waals surface area contributed by atoms with Crippen molar-refractivity contribution < 1.29 is 14.7 Å². The number of hydrogen-bond donors (Lipinski definition) is 1. The van der Waals surface area contributed by atoms with Crippen LogP contribution in [0.25, 0.3) is 0 Å². The van der Waals surface area contributed by atoms with Crippen molar-refractivity contribution in [1.29, 1.82) is 0 Å². The maximum Gasteiger partial charge on any atom is 0.305 e. The first-order valence-electron chi connectivity index (χ1n) is 8.46. The van der Waals surface area contributed by atoms with Crippen LogP contribution in [0.3, 0.4) is 0 Å². The Kier molecular flexibility index (Phi) is 3.74. The van der Waals surface area contributed by atoms with E-state index in [1.807, 2.05) is 18.7 Å². The van der Waals surface area contributed by atoms with Crippen LogP contribution in [0.15, 0.2) is 0 Å². The minimum atomic E-state index is -0.820. The van der Waals surface area contributed by atoms with Gasteiger partial charge in [0.25, 0.3) is 0 Å². The molecule has 118 valence electrons. The fraction of sp³-hybridized carbons (Fsp3) is 0.882. The van der Waals surface area contributed by atoms with E-state index in [-0.39, 0.29) is 23.8 Å². The predicted octanol–water partition coefficient (Wildman–Crippen LogP) is 2.91. The van der Waals surface area contributed by atoms with Gasteiger partial charge in [-0.05, 0) is 70.1 Å². The first kappa shape index (κ1) is 14.9. The molecule has 1 amide bonds. The van der Waals surface area contributed by atoms with E-state index < -0.39 is 5.97 Å². The smallest absolute Gasteiger partial charge is 0.305 e. The second kappa shape index (κ2) is 5.29. The average molecular weight is 293 g/mol. The molecule has 4 rings (SSSR count). The fourth-order valence-electron chi connectivity index (χ4n) is 5.70. The largest absolute Gasteiger partial charge is 0.481 e. The van der Waals surface area contributed by atoms with Crippen molar-refractivity contribution in [2.24, 2.45) is 23.2 Å². The topological polar surface area (TPSA) is 57.6 Å². The molecular formula is C17H27NO3. The molecule has 21 heavy (non-hydrogen) atoms. The highest BCUT2D eigenvalue weighted by molar-refractivity contribution is 5.84. The molecule has 4 bridgehead atoms. The lowest BCUT2D eigenvalue weighted by atomic mass is 9.49. The molecule has 1 N–H and O–H groups in total. The van der Waals surface area contributed by atoms with E-state index in [1.54, 1.807) is 0 Å². The van der Waals surface area contributed by atoms with Gasteiger partial charge in [-0.2, -0.15) is 0 Å². The van der Waals surface area contributed by atoms with Gasteiger partial charge >= 0.3 is 5.97 Å². The number of rotatable bonds is 5. The van der Waals surface area contributed by atoms with Gasteiger partial charge < -0.3 is 10.0 Å². The molecule has 1 unspecified atom stereocenters. The highest BCUT2D eigenvalue weighted by Crippen LogP contribution is 2.60. The summed E-state index contributed by atoms with van der Waals surface area (Å²) in [5.41, 5.74) is -0.155. The van der Waals surface area contributed by atoms with Gasteiger partial charge in [0.15, 0.2) is 0 Å². The predicted molar refractivity (Wildman–Crippen MR) is 79.7 cm³/mol. The Labute approximate surface area is 126 Å². The van der Waals surface area contributed by atoms with Gasteiger partial charge in [-0.15, -0.1) is 0 Å². The number of nitrogens with zero attached hydrogens (tertiary/aromatic N) is 1. The van der Waals surface area contributed by atoms with Crippen LogP contribution < -0.4 is 0 Å². The lowest BCUT2D eigenvalue weighted by Gasteiger charge is -2.57. The highest BCUT2D eigenvalue weighted by atomic mass is 16.4. The molecule has 0 aromatic carbocycles. The van der Waals surface area contributed by atoms with Crippen LogP contribution >= 0.6 is 0 Å². The van der Waals surface area contributed by atoms with E-state index in [9.17, 15) is 9.59 Å². The summed E-state index contributed by atoms with van der Waals surface area (Å²) in [6.45, 7) is 4.46. The van der Waals surface area contributed by atoms with Crippen molar-refractivity contribution in [3.8, 4) is 0 Å². The summed E-state index contributed by atoms with van der Waals surface area (Å²) in [7, 11) is 0. The van der Waals surface area contributed by atoms with Gasteiger partial charge in [-0.1, -0.05) is 0 Å². The molecule has 0 aliphatic heterocycles. The Morgan fingerprint density at radius 2 is 1.62 bits per heavy atom. The standard InChI is InChI=1S/C17H27NO3/c1-3-18(11(2)4-15(19)20)16(21)17-8-12-5-13(9-17)7-14(6-12)10-17/h11-14H,3-10H2,1-2H3,(H,19,20). The summed E-state index contributed by atoms with van der Waals surface area (Å²) in [6.07, 6.45) is 7.17. The quantitative estimate of drug-likeness (QED) is 0.848. The van der Waals surface area contributed by atoms with Crippen LogP contribution in [-0.4, -0.2) is 34.5 Å². The third-order valence-corrected chi connectivity index (χ3v) is 6.10. The Hall–Kier alpha value is -1.06. The molecule has 4 saturated carbocycles. The van der Waals surface area contributed by atoms with Crippen molar-refractivity contribution in [3.63, 3.8) is 0 Å². The maximum atomic E-state index is 13.2. The molecule has 0 heterocycles. The maximum absolute atomic E-state index is 13.2. The normalized spacial score (nSPS) is 38.3. The van der Waals surface area contributed by atoms with Gasteiger partial charge in [0, 0.05) is 12.6 Å². The fourth-order valence-corrected chi connectivity index (χ4v) is 5.70. The first-order valence-corrected chi connectivity index (χ1v) is 8.46. The monoisotopic (exact) mass is 293 g/mol. The second-order valence-corrected chi connectivity index (χ2v) is 7.74.